The number of Topliss-reactive ketones (excluding diaryl/α,β-unsaturated/α-hetero) is 1. The Hall–Kier alpha value is -0.680. The van der Waals surface area contributed by atoms with Gasteiger partial charge in [0, 0.05) is 19.0 Å². The molecule has 0 bridgehead atoms. The third-order valence-electron chi connectivity index (χ3n) is 3.49. The smallest absolute Gasteiger partial charge is 0.182 e. The molecule has 4 nitrogen and oxygen atoms in total. The molecule has 1 saturated heterocycles. The highest BCUT2D eigenvalue weighted by Crippen LogP contribution is 2.20. The molecule has 0 aromatic carbocycles. The number of ketones is 1. The highest BCUT2D eigenvalue weighted by atomic mass is 79.9. The Morgan fingerprint density at radius 2 is 2.44 bits per heavy atom. The minimum Gasteiger partial charge on any atom is -0.314 e. The van der Waals surface area contributed by atoms with Gasteiger partial charge in [0.1, 0.15) is 5.69 Å². The molecule has 1 aromatic rings. The fourth-order valence-corrected chi connectivity index (χ4v) is 2.99. The van der Waals surface area contributed by atoms with Crippen molar-refractivity contribution in [2.75, 3.05) is 6.54 Å². The maximum absolute atomic E-state index is 12.2. The van der Waals surface area contributed by atoms with E-state index < -0.39 is 0 Å². The minimum atomic E-state index is 0.189. The second kappa shape index (κ2) is 6.48. The Kier molecular flexibility index (Phi) is 4.95. The number of halogens is 1. The third kappa shape index (κ3) is 3.20. The van der Waals surface area contributed by atoms with Crippen molar-refractivity contribution in [1.29, 1.82) is 0 Å². The van der Waals surface area contributed by atoms with Gasteiger partial charge in [-0.05, 0) is 48.7 Å². The molecule has 1 N–H and O–H groups in total. The summed E-state index contributed by atoms with van der Waals surface area (Å²) in [7, 11) is 0. The molecule has 2 rings (SSSR count). The molecule has 2 heterocycles. The lowest BCUT2D eigenvalue weighted by molar-refractivity contribution is 0.0963. The van der Waals surface area contributed by atoms with Crippen LogP contribution in [0.5, 0.6) is 0 Å². The number of aryl methyl sites for hydroxylation is 1. The van der Waals surface area contributed by atoms with Crippen LogP contribution < -0.4 is 5.32 Å². The number of piperidine rings is 1. The first-order valence-corrected chi connectivity index (χ1v) is 7.49. The number of nitrogens with one attached hydrogen (secondary N) is 1. The Morgan fingerprint density at radius 1 is 1.61 bits per heavy atom. The van der Waals surface area contributed by atoms with Crippen molar-refractivity contribution in [2.24, 2.45) is 0 Å². The summed E-state index contributed by atoms with van der Waals surface area (Å²) in [4.78, 5) is 12.2. The lowest BCUT2D eigenvalue weighted by Crippen LogP contribution is -2.34. The number of nitrogens with zero attached hydrogens (tertiary/aromatic N) is 2. The van der Waals surface area contributed by atoms with E-state index in [1.165, 1.54) is 19.3 Å². The van der Waals surface area contributed by atoms with Gasteiger partial charge in [-0.1, -0.05) is 6.42 Å². The lowest BCUT2D eigenvalue weighted by atomic mass is 9.99. The summed E-state index contributed by atoms with van der Waals surface area (Å²) >= 11 is 3.40. The standard InChI is InChI=1S/C13H20BrN3O/c1-2-17-13(11(14)9-16-17)12(18)7-6-10-5-3-4-8-15-10/h9-10,15H,2-8H2,1H3. The van der Waals surface area contributed by atoms with Crippen molar-refractivity contribution in [3.8, 4) is 0 Å². The normalized spacial score (nSPS) is 20.0. The zero-order chi connectivity index (χ0) is 13.0. The second-order valence-electron chi connectivity index (χ2n) is 4.77. The molecule has 5 heteroatoms. The van der Waals surface area contributed by atoms with Crippen molar-refractivity contribution in [3.05, 3.63) is 16.4 Å². The third-order valence-corrected chi connectivity index (χ3v) is 4.07. The fourth-order valence-electron chi connectivity index (χ4n) is 2.47. The van der Waals surface area contributed by atoms with Gasteiger partial charge in [0.05, 0.1) is 10.7 Å². The largest absolute Gasteiger partial charge is 0.314 e. The van der Waals surface area contributed by atoms with Crippen LogP contribution in [0.2, 0.25) is 0 Å². The van der Waals surface area contributed by atoms with Crippen molar-refractivity contribution in [1.82, 2.24) is 15.1 Å². The van der Waals surface area contributed by atoms with E-state index in [-0.39, 0.29) is 5.78 Å². The maximum Gasteiger partial charge on any atom is 0.182 e. The summed E-state index contributed by atoms with van der Waals surface area (Å²) in [6.45, 7) is 3.82. The highest BCUT2D eigenvalue weighted by Gasteiger charge is 2.19. The van der Waals surface area contributed by atoms with E-state index >= 15 is 0 Å². The molecule has 0 amide bonds. The topological polar surface area (TPSA) is 46.9 Å². The van der Waals surface area contributed by atoms with Crippen LogP contribution in [0, 0.1) is 0 Å². The molecule has 1 fully saturated rings. The Labute approximate surface area is 116 Å². The lowest BCUT2D eigenvalue weighted by Gasteiger charge is -2.23. The number of carbonyl (C=O) groups is 1. The van der Waals surface area contributed by atoms with Crippen LogP contribution in [0.1, 0.15) is 49.5 Å². The molecule has 0 aliphatic carbocycles. The van der Waals surface area contributed by atoms with Crippen LogP contribution >= 0.6 is 15.9 Å². The van der Waals surface area contributed by atoms with E-state index in [1.807, 2.05) is 6.92 Å². The molecular weight excluding hydrogens is 294 g/mol. The molecule has 1 unspecified atom stereocenters. The summed E-state index contributed by atoms with van der Waals surface area (Å²) in [6.07, 6.45) is 6.97. The van der Waals surface area contributed by atoms with E-state index in [0.29, 0.717) is 18.2 Å². The van der Waals surface area contributed by atoms with Crippen LogP contribution in [-0.4, -0.2) is 28.2 Å². The zero-order valence-electron chi connectivity index (χ0n) is 10.8. The van der Waals surface area contributed by atoms with Crippen LogP contribution in [0.15, 0.2) is 10.7 Å². The average molecular weight is 314 g/mol. The van der Waals surface area contributed by atoms with E-state index in [0.717, 1.165) is 24.0 Å². The molecule has 0 saturated carbocycles. The number of carbonyl (C=O) groups excluding carboxylic acids is 1. The van der Waals surface area contributed by atoms with Gasteiger partial charge in [-0.3, -0.25) is 9.48 Å². The summed E-state index contributed by atoms with van der Waals surface area (Å²) in [5.74, 6) is 0.189. The number of rotatable bonds is 5. The molecule has 18 heavy (non-hydrogen) atoms. The van der Waals surface area contributed by atoms with Gasteiger partial charge in [0.25, 0.3) is 0 Å². The molecule has 1 aromatic heterocycles. The highest BCUT2D eigenvalue weighted by molar-refractivity contribution is 9.10. The van der Waals surface area contributed by atoms with Crippen molar-refractivity contribution < 1.29 is 4.79 Å². The number of aromatic nitrogens is 2. The van der Waals surface area contributed by atoms with Crippen molar-refractivity contribution >= 4 is 21.7 Å². The Balaban J connectivity index is 1.92. The summed E-state index contributed by atoms with van der Waals surface area (Å²) in [6, 6.07) is 0.513. The fraction of sp³-hybridized carbons (Fsp3) is 0.692. The van der Waals surface area contributed by atoms with Gasteiger partial charge in [-0.2, -0.15) is 5.10 Å². The quantitative estimate of drug-likeness (QED) is 0.850. The van der Waals surface area contributed by atoms with Crippen LogP contribution in [0.3, 0.4) is 0 Å². The van der Waals surface area contributed by atoms with Crippen LogP contribution in [-0.2, 0) is 6.54 Å². The summed E-state index contributed by atoms with van der Waals surface area (Å²) < 4.78 is 2.58. The van der Waals surface area contributed by atoms with Crippen LogP contribution in [0.4, 0.5) is 0 Å². The minimum absolute atomic E-state index is 0.189. The monoisotopic (exact) mass is 313 g/mol. The van der Waals surface area contributed by atoms with E-state index in [4.69, 9.17) is 0 Å². The first-order valence-electron chi connectivity index (χ1n) is 6.70. The molecular formula is C13H20BrN3O. The Morgan fingerprint density at radius 3 is 3.11 bits per heavy atom. The van der Waals surface area contributed by atoms with Crippen LogP contribution in [0.25, 0.3) is 0 Å². The Bertz CT molecular complexity index is 410. The van der Waals surface area contributed by atoms with Gasteiger partial charge in [-0.15, -0.1) is 0 Å². The molecule has 1 aliphatic heterocycles. The van der Waals surface area contributed by atoms with E-state index in [1.54, 1.807) is 10.9 Å². The van der Waals surface area contributed by atoms with Gasteiger partial charge < -0.3 is 5.32 Å². The molecule has 1 atom stereocenters. The summed E-state index contributed by atoms with van der Waals surface area (Å²) in [5.41, 5.74) is 0.716. The van der Waals surface area contributed by atoms with Gasteiger partial charge in [-0.25, -0.2) is 0 Å². The zero-order valence-corrected chi connectivity index (χ0v) is 12.4. The number of hydrogen-bond acceptors (Lipinski definition) is 3. The van der Waals surface area contributed by atoms with E-state index in [2.05, 4.69) is 26.3 Å². The molecule has 1 aliphatic rings. The van der Waals surface area contributed by atoms with Gasteiger partial charge in [0.15, 0.2) is 5.78 Å². The van der Waals surface area contributed by atoms with Gasteiger partial charge >= 0.3 is 0 Å². The first kappa shape index (κ1) is 13.7. The predicted molar refractivity (Wildman–Crippen MR) is 74.8 cm³/mol. The van der Waals surface area contributed by atoms with Gasteiger partial charge in [0.2, 0.25) is 0 Å². The SMILES string of the molecule is CCn1ncc(Br)c1C(=O)CCC1CCCCN1. The van der Waals surface area contributed by atoms with Crippen molar-refractivity contribution in [2.45, 2.75) is 51.6 Å². The molecule has 0 radical (unpaired) electrons. The average Bonchev–Trinajstić information content (AvgIpc) is 2.78. The molecule has 0 spiro atoms. The first-order chi connectivity index (χ1) is 8.72. The van der Waals surface area contributed by atoms with E-state index in [9.17, 15) is 4.79 Å². The predicted octanol–water partition coefficient (Wildman–Crippen LogP) is 2.77. The second-order valence-corrected chi connectivity index (χ2v) is 5.62. The summed E-state index contributed by atoms with van der Waals surface area (Å²) in [5, 5.41) is 7.66. The molecule has 100 valence electrons. The maximum atomic E-state index is 12.2. The number of hydrogen-bond donors (Lipinski definition) is 1. The van der Waals surface area contributed by atoms with Crippen molar-refractivity contribution in [3.63, 3.8) is 0 Å².